The molecule has 2 fully saturated rings. The van der Waals surface area contributed by atoms with Crippen molar-refractivity contribution in [3.63, 3.8) is 0 Å². The van der Waals surface area contributed by atoms with Gasteiger partial charge in [-0.2, -0.15) is 0 Å². The molecule has 0 radical (unpaired) electrons. The molecule has 0 aromatic heterocycles. The molecule has 9 nitrogen and oxygen atoms in total. The van der Waals surface area contributed by atoms with E-state index in [9.17, 15) is 4.79 Å². The van der Waals surface area contributed by atoms with Gasteiger partial charge in [0.1, 0.15) is 18.2 Å². The lowest BCUT2D eigenvalue weighted by molar-refractivity contribution is -0.338. The number of benzene rings is 1. The number of esters is 1. The van der Waals surface area contributed by atoms with Crippen LogP contribution in [0.4, 0.5) is 0 Å². The van der Waals surface area contributed by atoms with Crippen LogP contribution in [0.15, 0.2) is 35.4 Å². The van der Waals surface area contributed by atoms with E-state index in [1.165, 1.54) is 14.0 Å². The second-order valence-electron chi connectivity index (χ2n) is 5.72. The van der Waals surface area contributed by atoms with E-state index in [1.54, 1.807) is 0 Å². The number of carbonyl (C=O) groups is 1. The molecule has 0 saturated carbocycles. The minimum absolute atomic E-state index is 0.230. The Morgan fingerprint density at radius 1 is 1.32 bits per heavy atom. The van der Waals surface area contributed by atoms with Crippen LogP contribution in [0.1, 0.15) is 18.8 Å². The number of methoxy groups -OCH3 is 1. The normalized spacial score (nSPS) is 34.5. The minimum atomic E-state index is -0.908. The molecule has 3 rings (SSSR count). The van der Waals surface area contributed by atoms with Gasteiger partial charge in [-0.3, -0.25) is 4.79 Å². The van der Waals surface area contributed by atoms with Gasteiger partial charge in [-0.1, -0.05) is 35.4 Å². The summed E-state index contributed by atoms with van der Waals surface area (Å²) in [7, 11) is 1.42. The largest absolute Gasteiger partial charge is 0.457 e. The van der Waals surface area contributed by atoms with E-state index >= 15 is 0 Å². The molecule has 0 unspecified atom stereocenters. The highest BCUT2D eigenvalue weighted by atomic mass is 16.8. The van der Waals surface area contributed by atoms with Crippen LogP contribution in [0.2, 0.25) is 0 Å². The summed E-state index contributed by atoms with van der Waals surface area (Å²) >= 11 is 0. The van der Waals surface area contributed by atoms with Crippen LogP contribution in [0.25, 0.3) is 10.4 Å². The molecule has 9 heteroatoms. The Balaban J connectivity index is 1.86. The first-order chi connectivity index (χ1) is 12.1. The molecule has 2 aliphatic rings. The minimum Gasteiger partial charge on any atom is -0.457 e. The van der Waals surface area contributed by atoms with E-state index in [2.05, 4.69) is 10.0 Å². The van der Waals surface area contributed by atoms with E-state index in [4.69, 9.17) is 29.2 Å². The summed E-state index contributed by atoms with van der Waals surface area (Å²) in [4.78, 5) is 14.3. The number of ether oxygens (including phenoxy) is 5. The fourth-order valence-electron chi connectivity index (χ4n) is 3.04. The van der Waals surface area contributed by atoms with Gasteiger partial charge in [-0.15, -0.1) is 0 Å². The maximum absolute atomic E-state index is 11.4. The van der Waals surface area contributed by atoms with Crippen molar-refractivity contribution in [3.05, 3.63) is 46.3 Å². The SMILES string of the molecule is CO[C@@H]1O[C@@H]2CO[C@H](c3ccccc3)O[C@@H]2[C@@H](N=[N+]=[N-])[C@H]1OC(C)=O. The highest BCUT2D eigenvalue weighted by molar-refractivity contribution is 5.66. The predicted molar refractivity (Wildman–Crippen MR) is 84.2 cm³/mol. The summed E-state index contributed by atoms with van der Waals surface area (Å²) in [5.74, 6) is -0.529. The number of azide groups is 1. The van der Waals surface area contributed by atoms with Crippen molar-refractivity contribution in [2.45, 2.75) is 43.9 Å². The van der Waals surface area contributed by atoms with Crippen molar-refractivity contribution < 1.29 is 28.5 Å². The molecular weight excluding hydrogens is 330 g/mol. The van der Waals surface area contributed by atoms with Gasteiger partial charge in [0.25, 0.3) is 0 Å². The number of carbonyl (C=O) groups excluding carboxylic acids is 1. The molecule has 0 N–H and O–H groups in total. The molecule has 25 heavy (non-hydrogen) atoms. The number of hydrogen-bond donors (Lipinski definition) is 0. The predicted octanol–water partition coefficient (Wildman–Crippen LogP) is 2.08. The molecule has 2 heterocycles. The van der Waals surface area contributed by atoms with Crippen LogP contribution >= 0.6 is 0 Å². The average Bonchev–Trinajstić information content (AvgIpc) is 2.63. The first-order valence-corrected chi connectivity index (χ1v) is 7.85. The molecule has 6 atom stereocenters. The van der Waals surface area contributed by atoms with E-state index in [0.717, 1.165) is 5.56 Å². The molecule has 0 aliphatic carbocycles. The lowest BCUT2D eigenvalue weighted by Crippen LogP contribution is -2.62. The Labute approximate surface area is 144 Å². The second kappa shape index (κ2) is 7.81. The van der Waals surface area contributed by atoms with Gasteiger partial charge < -0.3 is 23.7 Å². The maximum atomic E-state index is 11.4. The zero-order valence-electron chi connectivity index (χ0n) is 13.8. The molecular formula is C16H19N3O6. The Bertz CT molecular complexity index is 651. The van der Waals surface area contributed by atoms with Crippen molar-refractivity contribution in [2.75, 3.05) is 13.7 Å². The highest BCUT2D eigenvalue weighted by Gasteiger charge is 2.51. The van der Waals surface area contributed by atoms with Crippen molar-refractivity contribution >= 4 is 5.97 Å². The standard InChI is InChI=1S/C16H19N3O6/c1-9(20)23-14-12(18-19-17)13-11(24-16(14)21-2)8-22-15(25-13)10-6-4-3-5-7-10/h3-7,11-16H,8H2,1-2H3/t11-,12-,13+,14-,15+,16-/m1/s1. The third-order valence-corrected chi connectivity index (χ3v) is 4.10. The summed E-state index contributed by atoms with van der Waals surface area (Å²) in [6.07, 6.45) is -3.55. The van der Waals surface area contributed by atoms with Crippen molar-refractivity contribution in [1.82, 2.24) is 0 Å². The van der Waals surface area contributed by atoms with Gasteiger partial charge in [0, 0.05) is 24.5 Å². The van der Waals surface area contributed by atoms with Crippen LogP contribution in [0, 0.1) is 0 Å². The molecule has 134 valence electrons. The van der Waals surface area contributed by atoms with Gasteiger partial charge >= 0.3 is 5.97 Å². The monoisotopic (exact) mass is 349 g/mol. The number of nitrogens with zero attached hydrogens (tertiary/aromatic N) is 3. The second-order valence-corrected chi connectivity index (χ2v) is 5.72. The topological polar surface area (TPSA) is 112 Å². The molecule has 1 aromatic rings. The average molecular weight is 349 g/mol. The van der Waals surface area contributed by atoms with Crippen LogP contribution < -0.4 is 0 Å². The van der Waals surface area contributed by atoms with Gasteiger partial charge in [0.2, 0.25) is 0 Å². The van der Waals surface area contributed by atoms with Crippen LogP contribution in [-0.4, -0.2) is 50.3 Å². The zero-order chi connectivity index (χ0) is 17.8. The van der Waals surface area contributed by atoms with E-state index in [1.807, 2.05) is 30.3 Å². The number of rotatable bonds is 4. The smallest absolute Gasteiger partial charge is 0.303 e. The molecule has 0 spiro atoms. The third kappa shape index (κ3) is 3.76. The van der Waals surface area contributed by atoms with Crippen LogP contribution in [0.5, 0.6) is 0 Å². The van der Waals surface area contributed by atoms with Gasteiger partial charge in [0.05, 0.1) is 6.61 Å². The van der Waals surface area contributed by atoms with E-state index < -0.39 is 42.9 Å². The molecule has 2 saturated heterocycles. The summed E-state index contributed by atoms with van der Waals surface area (Å²) < 4.78 is 28.0. The van der Waals surface area contributed by atoms with Crippen molar-refractivity contribution in [3.8, 4) is 0 Å². The lowest BCUT2D eigenvalue weighted by atomic mass is 9.95. The number of fused-ring (bicyclic) bond motifs is 1. The van der Waals surface area contributed by atoms with Gasteiger partial charge in [-0.25, -0.2) is 0 Å². The van der Waals surface area contributed by atoms with Crippen LogP contribution in [-0.2, 0) is 28.5 Å². The van der Waals surface area contributed by atoms with Crippen molar-refractivity contribution in [2.24, 2.45) is 5.11 Å². The Morgan fingerprint density at radius 3 is 2.72 bits per heavy atom. The Morgan fingerprint density at radius 2 is 2.08 bits per heavy atom. The fraction of sp³-hybridized carbons (Fsp3) is 0.562. The molecule has 0 bridgehead atoms. The lowest BCUT2D eigenvalue weighted by Gasteiger charge is -2.47. The van der Waals surface area contributed by atoms with Crippen molar-refractivity contribution in [1.29, 1.82) is 0 Å². The van der Waals surface area contributed by atoms with E-state index in [-0.39, 0.29) is 6.61 Å². The summed E-state index contributed by atoms with van der Waals surface area (Å²) in [5, 5.41) is 3.79. The first kappa shape index (κ1) is 17.7. The molecule has 1 aromatic carbocycles. The third-order valence-electron chi connectivity index (χ3n) is 4.10. The summed E-state index contributed by atoms with van der Waals surface area (Å²) in [6, 6.07) is 8.59. The number of hydrogen-bond acceptors (Lipinski definition) is 7. The van der Waals surface area contributed by atoms with Gasteiger partial charge in [-0.05, 0) is 5.53 Å². The Hall–Kier alpha value is -2.16. The van der Waals surface area contributed by atoms with E-state index in [0.29, 0.717) is 0 Å². The Kier molecular flexibility index (Phi) is 5.52. The zero-order valence-corrected chi connectivity index (χ0v) is 13.8. The van der Waals surface area contributed by atoms with Crippen LogP contribution in [0.3, 0.4) is 0 Å². The maximum Gasteiger partial charge on any atom is 0.303 e. The summed E-state index contributed by atoms with van der Waals surface area (Å²) in [6.45, 7) is 1.50. The molecule has 2 aliphatic heterocycles. The quantitative estimate of drug-likeness (QED) is 0.356. The summed E-state index contributed by atoms with van der Waals surface area (Å²) in [5.41, 5.74) is 9.78. The van der Waals surface area contributed by atoms with Gasteiger partial charge in [0.15, 0.2) is 18.7 Å². The highest BCUT2D eigenvalue weighted by Crippen LogP contribution is 2.36. The first-order valence-electron chi connectivity index (χ1n) is 7.85. The fourth-order valence-corrected chi connectivity index (χ4v) is 3.04. The molecule has 0 amide bonds.